The Kier molecular flexibility index (Phi) is 88.9. The monoisotopic (exact) mass is 530 g/mol. The van der Waals surface area contributed by atoms with Gasteiger partial charge in [-0.15, -0.1) is 0 Å². The Balaban J connectivity index is -0.0000000273. The van der Waals surface area contributed by atoms with Gasteiger partial charge in [-0.05, 0) is 0 Å². The molecule has 6 N–H and O–H groups in total. The van der Waals surface area contributed by atoms with Crippen molar-refractivity contribution in [1.29, 1.82) is 0 Å². The summed E-state index contributed by atoms with van der Waals surface area (Å²) < 4.78 is 0. The number of nitrogens with two attached hydrogens (primary N) is 1. The first-order valence-electron chi connectivity index (χ1n) is 4.47. The van der Waals surface area contributed by atoms with E-state index in [1.165, 1.54) is 20.8 Å². The molecule has 0 saturated heterocycles. The van der Waals surface area contributed by atoms with Crippen LogP contribution in [0.1, 0.15) is 20.8 Å². The van der Waals surface area contributed by atoms with Crippen molar-refractivity contribution in [2.24, 2.45) is 10.9 Å². The summed E-state index contributed by atoms with van der Waals surface area (Å²) in [5.41, 5.74) is 8.29. The van der Waals surface area contributed by atoms with E-state index in [9.17, 15) is 14.4 Å². The van der Waals surface area contributed by atoms with Crippen LogP contribution in [-0.2, 0) is 19.2 Å². The summed E-state index contributed by atoms with van der Waals surface area (Å²) in [6.45, 7) is 11.9. The Bertz CT molecular complexity index is 272. The topological polar surface area (TPSA) is 155 Å². The molecule has 22 heavy (non-hydrogen) atoms. The third-order valence-electron chi connectivity index (χ3n) is 0.690. The van der Waals surface area contributed by atoms with Crippen LogP contribution in [0.2, 0.25) is 0 Å². The predicted octanol–water partition coefficient (Wildman–Crippen LogP) is -11.2. The van der Waals surface area contributed by atoms with Gasteiger partial charge in [0.15, 0.2) is 0 Å². The van der Waals surface area contributed by atoms with E-state index < -0.39 is 0 Å². The van der Waals surface area contributed by atoms with Gasteiger partial charge >= 0.3 is 175 Å². The molecule has 0 radical (unpaired) electrons. The van der Waals surface area contributed by atoms with Crippen LogP contribution in [0.25, 0.3) is 0 Å². The number of hydrogen-bond donors (Lipinski definition) is 5. The normalized spacial score (nSPS) is 5.68. The second-order valence-electron chi connectivity index (χ2n) is 2.36. The largest absolute Gasteiger partial charge is 1.00 e. The number of hydrogen-bond acceptors (Lipinski definition) is 7. The van der Waals surface area contributed by atoms with E-state index in [1.807, 2.05) is 10.9 Å². The number of nitrogens with one attached hydrogen (secondary N) is 4. The van der Waals surface area contributed by atoms with E-state index >= 15 is 0 Å². The molecule has 0 unspecified atom stereocenters. The Labute approximate surface area is 278 Å². The minimum Gasteiger partial charge on any atom is -0.545 e. The summed E-state index contributed by atoms with van der Waals surface area (Å²) in [6.07, 6.45) is 0. The Morgan fingerprint density at radius 3 is 1.27 bits per heavy atom. The molecule has 10 nitrogen and oxygen atoms in total. The molecule has 0 bridgehead atoms. The third-order valence-corrected chi connectivity index (χ3v) is 0.690. The van der Waals surface area contributed by atoms with Crippen molar-refractivity contribution in [2.75, 3.05) is 0 Å². The molecule has 0 aliphatic carbocycles. The minimum absolute atomic E-state index is 0. The molecular weight excluding hydrogens is 513 g/mol. The fraction of sp³-hybridized carbons (Fsp3) is 0.333. The minimum atomic E-state index is -0.252. The van der Waals surface area contributed by atoms with E-state index in [0.29, 0.717) is 0 Å². The van der Waals surface area contributed by atoms with Crippen molar-refractivity contribution in [1.82, 2.24) is 21.7 Å². The molecule has 3 amide bonds. The first kappa shape index (κ1) is 44.5. The Morgan fingerprint density at radius 1 is 0.955 bits per heavy atom. The molecule has 0 rings (SSSR count). The second-order valence-corrected chi connectivity index (χ2v) is 2.36. The number of amides is 3. The number of carbonyl (C=O) groups is 3. The van der Waals surface area contributed by atoms with Crippen LogP contribution in [0.15, 0.2) is 5.10 Å². The van der Waals surface area contributed by atoms with E-state index in [2.05, 4.69) is 42.3 Å². The van der Waals surface area contributed by atoms with Crippen LogP contribution in [-0.4, -0.2) is 31.2 Å². The van der Waals surface area contributed by atoms with Crippen LogP contribution in [0.3, 0.4) is 0 Å². The van der Waals surface area contributed by atoms with Crippen molar-refractivity contribution in [2.45, 2.75) is 20.8 Å². The molecular formula is C9H19N6O4Rb3. The second kappa shape index (κ2) is 44.0. The molecule has 0 heterocycles. The SMILES string of the molecule is CC(=O)NN.[CH-]=NNC(C)=O.[CH-]=O.[CH2-]NNC(C)=O.[Rb+].[Rb+].[Rb+]. The maximum atomic E-state index is 9.83. The number of hydrazine groups is 2. The summed E-state index contributed by atoms with van der Waals surface area (Å²) in [5, 5.41) is 2.84. The average Bonchev–Trinajstić information content (AvgIpc) is 2.32. The van der Waals surface area contributed by atoms with Gasteiger partial charge in [-0.1, -0.05) is 0 Å². The molecule has 0 aromatic heterocycles. The molecule has 0 fully saturated rings. The van der Waals surface area contributed by atoms with Crippen molar-refractivity contribution in [3.05, 3.63) is 7.05 Å². The van der Waals surface area contributed by atoms with Crippen molar-refractivity contribution < 1.29 is 194 Å². The van der Waals surface area contributed by atoms with Crippen LogP contribution in [0.5, 0.6) is 0 Å². The molecule has 0 aliphatic rings. The fourth-order valence-electron chi connectivity index (χ4n) is 0.215. The molecule has 0 aromatic rings. The number of rotatable bonds is 2. The average molecular weight is 532 g/mol. The smallest absolute Gasteiger partial charge is 0.545 e. The summed E-state index contributed by atoms with van der Waals surface area (Å²) in [7, 11) is 3.14. The number of nitrogens with zero attached hydrogens (tertiary/aromatic N) is 1. The zero-order valence-corrected chi connectivity index (χ0v) is 28.8. The first-order valence-corrected chi connectivity index (χ1v) is 4.47. The fourth-order valence-corrected chi connectivity index (χ4v) is 0.215. The summed E-state index contributed by atoms with van der Waals surface area (Å²) in [5.74, 6) is 3.97. The molecule has 112 valence electrons. The number of carbonyl (C=O) groups excluding carboxylic acids is 4. The predicted molar refractivity (Wildman–Crippen MR) is 69.4 cm³/mol. The standard InChI is InChI=1S/C3H7N2O.C3H5N2O.C2H6N2O.CHO.3Rb/c2*1-3(6)5-4-2;1-2(5)4-3;1-2;;;/h4H,2H2,1H3,(H,5,6);2H,1H3,(H,5,6);3H2,1H3,(H,4,5);1H;;;/q2*-1;;-1;3*+1. The molecule has 0 spiro atoms. The quantitative estimate of drug-likeness (QED) is 0.0595. The van der Waals surface area contributed by atoms with Gasteiger partial charge in [0.05, 0.1) is 0 Å². The summed E-state index contributed by atoms with van der Waals surface area (Å²) in [4.78, 5) is 36.9. The van der Waals surface area contributed by atoms with Gasteiger partial charge in [-0.25, -0.2) is 5.84 Å². The zero-order valence-electron chi connectivity index (χ0n) is 14.0. The van der Waals surface area contributed by atoms with Crippen LogP contribution < -0.4 is 202 Å². The van der Waals surface area contributed by atoms with Gasteiger partial charge < -0.3 is 27.5 Å². The first-order chi connectivity index (χ1) is 8.81. The number of hydrazone groups is 1. The van der Waals surface area contributed by atoms with Crippen molar-refractivity contribution in [3.8, 4) is 0 Å². The van der Waals surface area contributed by atoms with Gasteiger partial charge in [-0.3, -0.25) is 39.1 Å². The van der Waals surface area contributed by atoms with E-state index in [4.69, 9.17) is 4.79 Å². The van der Waals surface area contributed by atoms with Gasteiger partial charge in [0.1, 0.15) is 0 Å². The van der Waals surface area contributed by atoms with Crippen LogP contribution >= 0.6 is 0 Å². The van der Waals surface area contributed by atoms with Gasteiger partial charge in [-0.2, -0.15) is 0 Å². The Hall–Kier alpha value is 3.09. The van der Waals surface area contributed by atoms with E-state index in [-0.39, 0.29) is 192 Å². The molecule has 0 aromatic carbocycles. The molecule has 0 aliphatic heterocycles. The molecule has 13 heteroatoms. The molecule has 0 atom stereocenters. The van der Waals surface area contributed by atoms with Gasteiger partial charge in [0, 0.05) is 20.8 Å². The van der Waals surface area contributed by atoms with Crippen LogP contribution in [0, 0.1) is 7.05 Å². The van der Waals surface area contributed by atoms with Crippen molar-refractivity contribution in [3.63, 3.8) is 0 Å². The van der Waals surface area contributed by atoms with Crippen LogP contribution in [0.4, 0.5) is 0 Å². The maximum Gasteiger partial charge on any atom is 1.00 e. The summed E-state index contributed by atoms with van der Waals surface area (Å²) >= 11 is 0. The maximum absolute atomic E-state index is 9.83. The van der Waals surface area contributed by atoms with E-state index in [1.54, 1.807) is 0 Å². The van der Waals surface area contributed by atoms with Gasteiger partial charge in [0.25, 0.3) is 0 Å². The Morgan fingerprint density at radius 2 is 1.27 bits per heavy atom. The molecule has 0 saturated carbocycles. The third kappa shape index (κ3) is 91.6. The van der Waals surface area contributed by atoms with E-state index in [0.717, 1.165) is 0 Å². The summed E-state index contributed by atoms with van der Waals surface area (Å²) in [6, 6.07) is 0. The van der Waals surface area contributed by atoms with Crippen molar-refractivity contribution >= 4 is 31.2 Å². The van der Waals surface area contributed by atoms with Gasteiger partial charge in [0.2, 0.25) is 17.7 Å². The zero-order chi connectivity index (χ0) is 16.3.